The van der Waals surface area contributed by atoms with Crippen molar-refractivity contribution >= 4 is 11.0 Å². The van der Waals surface area contributed by atoms with Crippen LogP contribution in [0.5, 0.6) is 0 Å². The minimum atomic E-state index is 0.792. The number of hydrogen-bond donors (Lipinski definition) is 0. The standard InChI is InChI=1S/C7H6N4/c1-5-7-6(10-11-9-5)3-2-4-8-7/h2-4H,1H3. The second-order valence-corrected chi connectivity index (χ2v) is 2.25. The van der Waals surface area contributed by atoms with Gasteiger partial charge in [0, 0.05) is 6.20 Å². The zero-order valence-electron chi connectivity index (χ0n) is 6.02. The van der Waals surface area contributed by atoms with E-state index in [0.717, 1.165) is 16.7 Å². The van der Waals surface area contributed by atoms with Crippen molar-refractivity contribution in [3.05, 3.63) is 24.0 Å². The molecule has 0 radical (unpaired) electrons. The van der Waals surface area contributed by atoms with E-state index in [9.17, 15) is 0 Å². The molecule has 0 aliphatic heterocycles. The summed E-state index contributed by atoms with van der Waals surface area (Å²) in [4.78, 5) is 4.12. The topological polar surface area (TPSA) is 51.6 Å². The van der Waals surface area contributed by atoms with Crippen molar-refractivity contribution < 1.29 is 0 Å². The first-order valence-electron chi connectivity index (χ1n) is 3.28. The molecular weight excluding hydrogens is 140 g/mol. The first kappa shape index (κ1) is 6.15. The second kappa shape index (κ2) is 2.23. The molecule has 11 heavy (non-hydrogen) atoms. The first-order valence-corrected chi connectivity index (χ1v) is 3.28. The molecular formula is C7H6N4. The van der Waals surface area contributed by atoms with Gasteiger partial charge >= 0.3 is 0 Å². The largest absolute Gasteiger partial charge is 0.253 e. The van der Waals surface area contributed by atoms with Gasteiger partial charge in [-0.15, -0.1) is 10.2 Å². The van der Waals surface area contributed by atoms with Crippen molar-refractivity contribution in [2.45, 2.75) is 6.92 Å². The van der Waals surface area contributed by atoms with Crippen molar-refractivity contribution in [1.82, 2.24) is 20.4 Å². The summed E-state index contributed by atoms with van der Waals surface area (Å²) in [5.74, 6) is 0. The maximum absolute atomic E-state index is 4.12. The van der Waals surface area contributed by atoms with Crippen LogP contribution in [-0.2, 0) is 0 Å². The fraction of sp³-hybridized carbons (Fsp3) is 0.143. The zero-order valence-corrected chi connectivity index (χ0v) is 6.02. The van der Waals surface area contributed by atoms with E-state index in [4.69, 9.17) is 0 Å². The fourth-order valence-corrected chi connectivity index (χ4v) is 0.941. The molecule has 0 bridgehead atoms. The van der Waals surface area contributed by atoms with Gasteiger partial charge in [-0.25, -0.2) is 0 Å². The molecule has 0 N–H and O–H groups in total. The van der Waals surface area contributed by atoms with E-state index in [1.54, 1.807) is 6.20 Å². The summed E-state index contributed by atoms with van der Waals surface area (Å²) in [6.45, 7) is 1.87. The Bertz CT molecular complexity index is 380. The lowest BCUT2D eigenvalue weighted by atomic mass is 10.3. The molecule has 0 spiro atoms. The van der Waals surface area contributed by atoms with Gasteiger partial charge in [0.1, 0.15) is 11.0 Å². The van der Waals surface area contributed by atoms with Crippen LogP contribution in [0.1, 0.15) is 5.69 Å². The number of rotatable bonds is 0. The third-order valence-corrected chi connectivity index (χ3v) is 1.48. The molecule has 2 rings (SSSR count). The second-order valence-electron chi connectivity index (χ2n) is 2.25. The van der Waals surface area contributed by atoms with Crippen LogP contribution < -0.4 is 0 Å². The lowest BCUT2D eigenvalue weighted by molar-refractivity contribution is 0.865. The van der Waals surface area contributed by atoms with Crippen molar-refractivity contribution in [3.63, 3.8) is 0 Å². The molecule has 0 saturated carbocycles. The smallest absolute Gasteiger partial charge is 0.115 e. The Labute approximate surface area is 63.3 Å². The Morgan fingerprint density at radius 1 is 1.27 bits per heavy atom. The molecule has 54 valence electrons. The minimum absolute atomic E-state index is 0.792. The number of aryl methyl sites for hydroxylation is 1. The van der Waals surface area contributed by atoms with E-state index in [1.165, 1.54) is 0 Å². The van der Waals surface area contributed by atoms with Crippen molar-refractivity contribution in [2.24, 2.45) is 0 Å². The van der Waals surface area contributed by atoms with Gasteiger partial charge in [0.15, 0.2) is 0 Å². The average molecular weight is 146 g/mol. The minimum Gasteiger partial charge on any atom is -0.253 e. The molecule has 0 aromatic carbocycles. The highest BCUT2D eigenvalue weighted by atomic mass is 15.3. The van der Waals surface area contributed by atoms with E-state index in [2.05, 4.69) is 20.4 Å². The molecule has 0 saturated heterocycles. The molecule has 0 amide bonds. The lowest BCUT2D eigenvalue weighted by Gasteiger charge is -1.94. The number of aromatic nitrogens is 4. The molecule has 0 unspecified atom stereocenters. The third kappa shape index (κ3) is 0.920. The summed E-state index contributed by atoms with van der Waals surface area (Å²) in [7, 11) is 0. The highest BCUT2D eigenvalue weighted by Gasteiger charge is 1.98. The lowest BCUT2D eigenvalue weighted by Crippen LogP contribution is -1.93. The monoisotopic (exact) mass is 146 g/mol. The van der Waals surface area contributed by atoms with Gasteiger partial charge in [-0.1, -0.05) is 0 Å². The van der Waals surface area contributed by atoms with Crippen LogP contribution in [0.3, 0.4) is 0 Å². The predicted octanol–water partition coefficient (Wildman–Crippen LogP) is 0.728. The summed E-state index contributed by atoms with van der Waals surface area (Å²) in [6, 6.07) is 3.69. The number of nitrogens with zero attached hydrogens (tertiary/aromatic N) is 4. The van der Waals surface area contributed by atoms with Crippen LogP contribution in [-0.4, -0.2) is 20.4 Å². The highest BCUT2D eigenvalue weighted by molar-refractivity contribution is 5.74. The normalized spacial score (nSPS) is 10.3. The third-order valence-electron chi connectivity index (χ3n) is 1.48. The van der Waals surface area contributed by atoms with Gasteiger partial charge in [-0.2, -0.15) is 0 Å². The van der Waals surface area contributed by atoms with Gasteiger partial charge < -0.3 is 0 Å². The molecule has 2 aromatic heterocycles. The van der Waals surface area contributed by atoms with Crippen molar-refractivity contribution in [2.75, 3.05) is 0 Å². The SMILES string of the molecule is Cc1nnnc2cccnc12. The van der Waals surface area contributed by atoms with Gasteiger partial charge in [0.25, 0.3) is 0 Å². The Morgan fingerprint density at radius 2 is 2.18 bits per heavy atom. The van der Waals surface area contributed by atoms with Crippen LogP contribution in [0.15, 0.2) is 18.3 Å². The summed E-state index contributed by atoms with van der Waals surface area (Å²) >= 11 is 0. The average Bonchev–Trinajstić information content (AvgIpc) is 2.06. The molecule has 0 aliphatic rings. The van der Waals surface area contributed by atoms with Crippen LogP contribution in [0.25, 0.3) is 11.0 Å². The van der Waals surface area contributed by atoms with Gasteiger partial charge in [-0.05, 0) is 24.3 Å². The Balaban J connectivity index is 2.91. The van der Waals surface area contributed by atoms with E-state index in [1.807, 2.05) is 19.1 Å². The first-order chi connectivity index (χ1) is 5.38. The van der Waals surface area contributed by atoms with Crippen LogP contribution >= 0.6 is 0 Å². The van der Waals surface area contributed by atoms with E-state index in [-0.39, 0.29) is 0 Å². The fourth-order valence-electron chi connectivity index (χ4n) is 0.941. The summed E-state index contributed by atoms with van der Waals surface area (Å²) in [5.41, 5.74) is 2.43. The van der Waals surface area contributed by atoms with Gasteiger partial charge in [-0.3, -0.25) is 4.98 Å². The van der Waals surface area contributed by atoms with Crippen molar-refractivity contribution in [3.8, 4) is 0 Å². The van der Waals surface area contributed by atoms with E-state index < -0.39 is 0 Å². The predicted molar refractivity (Wildman–Crippen MR) is 39.9 cm³/mol. The molecule has 0 atom stereocenters. The molecule has 4 nitrogen and oxygen atoms in total. The number of hydrogen-bond acceptors (Lipinski definition) is 4. The number of pyridine rings is 1. The maximum Gasteiger partial charge on any atom is 0.115 e. The van der Waals surface area contributed by atoms with E-state index >= 15 is 0 Å². The molecule has 0 aliphatic carbocycles. The summed E-state index contributed by atoms with van der Waals surface area (Å²) in [5, 5.41) is 11.2. The summed E-state index contributed by atoms with van der Waals surface area (Å²) < 4.78 is 0. The van der Waals surface area contributed by atoms with Gasteiger partial charge in [0.2, 0.25) is 0 Å². The van der Waals surface area contributed by atoms with E-state index in [0.29, 0.717) is 0 Å². The quantitative estimate of drug-likeness (QED) is 0.549. The van der Waals surface area contributed by atoms with Crippen LogP contribution in [0.4, 0.5) is 0 Å². The maximum atomic E-state index is 4.12. The molecule has 4 heteroatoms. The Kier molecular flexibility index (Phi) is 1.25. The summed E-state index contributed by atoms with van der Waals surface area (Å²) in [6.07, 6.45) is 1.72. The molecule has 2 heterocycles. The number of fused-ring (bicyclic) bond motifs is 1. The van der Waals surface area contributed by atoms with Crippen molar-refractivity contribution in [1.29, 1.82) is 0 Å². The molecule has 2 aromatic rings. The molecule has 0 fully saturated rings. The zero-order chi connectivity index (χ0) is 7.68. The van der Waals surface area contributed by atoms with Crippen LogP contribution in [0.2, 0.25) is 0 Å². The highest BCUT2D eigenvalue weighted by Crippen LogP contribution is 2.07. The Hall–Kier alpha value is -1.58. The van der Waals surface area contributed by atoms with Crippen LogP contribution in [0, 0.1) is 6.92 Å². The Morgan fingerprint density at radius 3 is 3.00 bits per heavy atom. The van der Waals surface area contributed by atoms with Gasteiger partial charge in [0.05, 0.1) is 5.69 Å².